The SMILES string of the molecule is Cc1cc(Nc2cccc(CO[Si](C)(C)C(C)(C)C)n2)n[nH]1. The molecule has 2 heterocycles. The van der Waals surface area contributed by atoms with Crippen LogP contribution in [0.15, 0.2) is 24.3 Å². The summed E-state index contributed by atoms with van der Waals surface area (Å²) in [6.07, 6.45) is 0. The highest BCUT2D eigenvalue weighted by atomic mass is 28.4. The first-order chi connectivity index (χ1) is 10.2. The van der Waals surface area contributed by atoms with E-state index in [-0.39, 0.29) is 5.04 Å². The molecule has 0 aliphatic heterocycles. The van der Waals surface area contributed by atoms with Crippen molar-refractivity contribution in [2.75, 3.05) is 5.32 Å². The molecule has 0 aliphatic rings. The van der Waals surface area contributed by atoms with Crippen molar-refractivity contribution in [3.8, 4) is 0 Å². The van der Waals surface area contributed by atoms with E-state index < -0.39 is 8.32 Å². The molecular formula is C16H26N4OSi. The zero-order chi connectivity index (χ0) is 16.4. The quantitative estimate of drug-likeness (QED) is 0.803. The van der Waals surface area contributed by atoms with Crippen molar-refractivity contribution in [1.29, 1.82) is 0 Å². The van der Waals surface area contributed by atoms with Crippen molar-refractivity contribution in [1.82, 2.24) is 15.2 Å². The maximum Gasteiger partial charge on any atom is 0.192 e. The van der Waals surface area contributed by atoms with Gasteiger partial charge in [0, 0.05) is 11.8 Å². The second-order valence-corrected chi connectivity index (χ2v) is 11.9. The number of hydrogen-bond donors (Lipinski definition) is 2. The first-order valence-electron chi connectivity index (χ1n) is 7.56. The van der Waals surface area contributed by atoms with E-state index in [1.54, 1.807) is 0 Å². The third-order valence-electron chi connectivity index (χ3n) is 4.16. The van der Waals surface area contributed by atoms with Crippen molar-refractivity contribution in [2.45, 2.75) is 52.4 Å². The molecule has 0 atom stereocenters. The van der Waals surface area contributed by atoms with Crippen molar-refractivity contribution < 1.29 is 4.43 Å². The van der Waals surface area contributed by atoms with Gasteiger partial charge in [0.2, 0.25) is 0 Å². The van der Waals surface area contributed by atoms with Crippen molar-refractivity contribution in [2.24, 2.45) is 0 Å². The fourth-order valence-electron chi connectivity index (χ4n) is 1.71. The highest BCUT2D eigenvalue weighted by molar-refractivity contribution is 6.74. The Kier molecular flexibility index (Phi) is 4.72. The number of H-pyrrole nitrogens is 1. The lowest BCUT2D eigenvalue weighted by molar-refractivity contribution is 0.272. The Morgan fingerprint density at radius 3 is 2.55 bits per heavy atom. The summed E-state index contributed by atoms with van der Waals surface area (Å²) in [5, 5.41) is 10.5. The summed E-state index contributed by atoms with van der Waals surface area (Å²) < 4.78 is 6.22. The van der Waals surface area contributed by atoms with E-state index in [2.05, 4.69) is 54.4 Å². The molecule has 0 amide bonds. The van der Waals surface area contributed by atoms with Crippen LogP contribution in [0, 0.1) is 6.92 Å². The van der Waals surface area contributed by atoms with Gasteiger partial charge in [0.1, 0.15) is 5.82 Å². The van der Waals surface area contributed by atoms with Crippen LogP contribution in [0.3, 0.4) is 0 Å². The highest BCUT2D eigenvalue weighted by Gasteiger charge is 2.37. The van der Waals surface area contributed by atoms with Crippen molar-refractivity contribution in [3.05, 3.63) is 35.7 Å². The van der Waals surface area contributed by atoms with E-state index in [1.165, 1.54) is 0 Å². The van der Waals surface area contributed by atoms with Crippen LogP contribution in [-0.2, 0) is 11.0 Å². The summed E-state index contributed by atoms with van der Waals surface area (Å²) in [4.78, 5) is 4.59. The Labute approximate surface area is 133 Å². The monoisotopic (exact) mass is 318 g/mol. The third kappa shape index (κ3) is 4.17. The molecule has 0 spiro atoms. The predicted molar refractivity (Wildman–Crippen MR) is 92.8 cm³/mol. The predicted octanol–water partition coefficient (Wildman–Crippen LogP) is 4.38. The summed E-state index contributed by atoms with van der Waals surface area (Å²) in [6.45, 7) is 13.7. The molecule has 0 aliphatic carbocycles. The Morgan fingerprint density at radius 1 is 1.23 bits per heavy atom. The van der Waals surface area contributed by atoms with Crippen molar-refractivity contribution >= 4 is 20.0 Å². The van der Waals surface area contributed by atoms with Gasteiger partial charge >= 0.3 is 0 Å². The lowest BCUT2D eigenvalue weighted by Gasteiger charge is -2.36. The maximum absolute atomic E-state index is 6.22. The second kappa shape index (κ2) is 6.22. The molecule has 2 aromatic rings. The topological polar surface area (TPSA) is 62.8 Å². The number of aromatic nitrogens is 3. The standard InChI is InChI=1S/C16H26N4OSi/c1-12-10-15(20-19-12)18-14-9-7-8-13(17-14)11-21-22(5,6)16(2,3)4/h7-10H,11H2,1-6H3,(H2,17,18,19,20). The number of rotatable bonds is 5. The van der Waals surface area contributed by atoms with E-state index in [4.69, 9.17) is 4.43 Å². The van der Waals surface area contributed by atoms with E-state index in [0.717, 1.165) is 23.0 Å². The first-order valence-corrected chi connectivity index (χ1v) is 10.5. The molecule has 0 radical (unpaired) electrons. The number of pyridine rings is 1. The molecule has 2 aromatic heterocycles. The van der Waals surface area contributed by atoms with Crippen LogP contribution >= 0.6 is 0 Å². The largest absolute Gasteiger partial charge is 0.411 e. The third-order valence-corrected chi connectivity index (χ3v) is 8.63. The molecule has 5 nitrogen and oxygen atoms in total. The van der Waals surface area contributed by atoms with Crippen LogP contribution in [0.4, 0.5) is 11.6 Å². The number of nitrogens with one attached hydrogen (secondary N) is 2. The van der Waals surface area contributed by atoms with Crippen LogP contribution in [0.25, 0.3) is 0 Å². The number of aromatic amines is 1. The van der Waals surface area contributed by atoms with Crippen LogP contribution in [0.5, 0.6) is 0 Å². The molecule has 0 unspecified atom stereocenters. The van der Waals surface area contributed by atoms with Gasteiger partial charge in [0.25, 0.3) is 0 Å². The molecule has 0 bridgehead atoms. The maximum atomic E-state index is 6.22. The fourth-order valence-corrected chi connectivity index (χ4v) is 2.66. The highest BCUT2D eigenvalue weighted by Crippen LogP contribution is 2.37. The average Bonchev–Trinajstić information content (AvgIpc) is 2.81. The summed E-state index contributed by atoms with van der Waals surface area (Å²) >= 11 is 0. The zero-order valence-electron chi connectivity index (χ0n) is 14.3. The molecule has 0 fully saturated rings. The molecule has 2 N–H and O–H groups in total. The van der Waals surface area contributed by atoms with Gasteiger partial charge in [-0.1, -0.05) is 26.8 Å². The Hall–Kier alpha value is -1.66. The first kappa shape index (κ1) is 16.7. The average molecular weight is 318 g/mol. The van der Waals surface area contributed by atoms with Crippen LogP contribution in [0.2, 0.25) is 18.1 Å². The van der Waals surface area contributed by atoms with E-state index in [0.29, 0.717) is 6.61 Å². The zero-order valence-corrected chi connectivity index (χ0v) is 15.3. The summed E-state index contributed by atoms with van der Waals surface area (Å²) in [5.74, 6) is 1.55. The lowest BCUT2D eigenvalue weighted by Crippen LogP contribution is -2.40. The molecular weight excluding hydrogens is 292 g/mol. The lowest BCUT2D eigenvalue weighted by atomic mass is 10.2. The summed E-state index contributed by atoms with van der Waals surface area (Å²) in [6, 6.07) is 7.85. The summed E-state index contributed by atoms with van der Waals surface area (Å²) in [5.41, 5.74) is 1.95. The van der Waals surface area contributed by atoms with Crippen LogP contribution < -0.4 is 5.32 Å². The molecule has 0 saturated carbocycles. The van der Waals surface area contributed by atoms with Gasteiger partial charge in [-0.15, -0.1) is 0 Å². The number of hydrogen-bond acceptors (Lipinski definition) is 4. The number of nitrogens with zero attached hydrogens (tertiary/aromatic N) is 2. The molecule has 2 rings (SSSR count). The number of aryl methyl sites for hydroxylation is 1. The van der Waals surface area contributed by atoms with E-state index in [9.17, 15) is 0 Å². The van der Waals surface area contributed by atoms with Gasteiger partial charge in [-0.2, -0.15) is 5.10 Å². The molecule has 22 heavy (non-hydrogen) atoms. The number of anilines is 2. The van der Waals surface area contributed by atoms with Crippen molar-refractivity contribution in [3.63, 3.8) is 0 Å². The fraction of sp³-hybridized carbons (Fsp3) is 0.500. The minimum atomic E-state index is -1.75. The van der Waals surface area contributed by atoms with Crippen LogP contribution in [-0.4, -0.2) is 23.5 Å². The minimum absolute atomic E-state index is 0.204. The van der Waals surface area contributed by atoms with Gasteiger partial charge in [0.05, 0.1) is 12.3 Å². The van der Waals surface area contributed by atoms with Gasteiger partial charge < -0.3 is 9.74 Å². The van der Waals surface area contributed by atoms with Gasteiger partial charge in [-0.05, 0) is 37.2 Å². The Balaban J connectivity index is 2.03. The smallest absolute Gasteiger partial charge is 0.192 e. The van der Waals surface area contributed by atoms with E-state index >= 15 is 0 Å². The van der Waals surface area contributed by atoms with Gasteiger partial charge in [-0.25, -0.2) is 4.98 Å². The molecule has 6 heteroatoms. The van der Waals surface area contributed by atoms with E-state index in [1.807, 2.05) is 31.2 Å². The Morgan fingerprint density at radius 2 is 1.95 bits per heavy atom. The summed E-state index contributed by atoms with van der Waals surface area (Å²) in [7, 11) is -1.75. The Bertz CT molecular complexity index is 631. The van der Waals surface area contributed by atoms with Crippen LogP contribution in [0.1, 0.15) is 32.2 Å². The van der Waals surface area contributed by atoms with Gasteiger partial charge in [-0.3, -0.25) is 5.10 Å². The normalized spacial score (nSPS) is 12.5. The molecule has 120 valence electrons. The van der Waals surface area contributed by atoms with Gasteiger partial charge in [0.15, 0.2) is 14.1 Å². The minimum Gasteiger partial charge on any atom is -0.411 e. The molecule has 0 aromatic carbocycles. The molecule has 0 saturated heterocycles. The second-order valence-electron chi connectivity index (χ2n) is 7.12.